The van der Waals surface area contributed by atoms with Crippen molar-refractivity contribution >= 4 is 26.6 Å². The molecule has 3 N–H and O–H groups in total. The van der Waals surface area contributed by atoms with Crippen LogP contribution in [0.4, 0.5) is 5.00 Å². The molecule has 2 aliphatic rings. The molecule has 0 spiro atoms. The number of hydrogen-bond acceptors (Lipinski definition) is 6. The lowest BCUT2D eigenvalue weighted by atomic mass is 10.1. The van der Waals surface area contributed by atoms with Crippen LogP contribution in [0.5, 0.6) is 5.75 Å². The van der Waals surface area contributed by atoms with Gasteiger partial charge < -0.3 is 10.4 Å². The zero-order valence-electron chi connectivity index (χ0n) is 15.6. The molecule has 0 amide bonds. The molecule has 2 aliphatic heterocycles. The highest BCUT2D eigenvalue weighted by molar-refractivity contribution is 7.22. The third kappa shape index (κ3) is 3.25. The lowest BCUT2D eigenvalue weighted by Crippen LogP contribution is -1.95. The van der Waals surface area contributed by atoms with E-state index in [-0.39, 0.29) is 5.75 Å². The number of phenolic OH excluding ortho intramolecular Hbond substituents is 1. The number of H-pyrrole nitrogens is 1. The highest BCUT2D eigenvalue weighted by Crippen LogP contribution is 2.32. The van der Waals surface area contributed by atoms with Crippen molar-refractivity contribution in [3.8, 4) is 22.6 Å². The Morgan fingerprint density at radius 3 is 2.79 bits per heavy atom. The Bertz CT molecular complexity index is 1060. The summed E-state index contributed by atoms with van der Waals surface area (Å²) in [6.45, 7) is 2.81. The van der Waals surface area contributed by atoms with Crippen molar-refractivity contribution in [2.45, 2.75) is 18.9 Å². The molecule has 2 saturated heterocycles. The third-order valence-electron chi connectivity index (χ3n) is 5.31. The molecule has 3 aromatic heterocycles. The Hall–Kier alpha value is -2.84. The normalized spacial score (nSPS) is 19.9. The van der Waals surface area contributed by atoms with Gasteiger partial charge in [-0.1, -0.05) is 6.07 Å². The zero-order chi connectivity index (χ0) is 19.1. The van der Waals surface area contributed by atoms with Gasteiger partial charge in [0, 0.05) is 43.7 Å². The van der Waals surface area contributed by atoms with Gasteiger partial charge >= 0.3 is 0 Å². The van der Waals surface area contributed by atoms with E-state index >= 15 is 0 Å². The van der Waals surface area contributed by atoms with E-state index in [0.717, 1.165) is 32.4 Å². The van der Waals surface area contributed by atoms with Crippen LogP contribution in [0, 0.1) is 0 Å². The van der Waals surface area contributed by atoms with E-state index in [1.165, 1.54) is 25.9 Å². The Balaban J connectivity index is 0.000000239. The van der Waals surface area contributed by atoms with Gasteiger partial charge in [-0.15, -0.1) is 11.3 Å². The van der Waals surface area contributed by atoms with Gasteiger partial charge in [-0.05, 0) is 37.1 Å². The van der Waals surface area contributed by atoms with Crippen molar-refractivity contribution < 1.29 is 5.11 Å². The van der Waals surface area contributed by atoms with Crippen molar-refractivity contribution in [2.75, 3.05) is 25.5 Å². The molecule has 2 atom stereocenters. The summed E-state index contributed by atoms with van der Waals surface area (Å²) in [4.78, 5) is 2.53. The summed E-state index contributed by atoms with van der Waals surface area (Å²) < 4.78 is 2.78. The summed E-state index contributed by atoms with van der Waals surface area (Å²) in [5.41, 5.74) is 3.40. The quantitative estimate of drug-likeness (QED) is 0.462. The number of nitrogens with zero attached hydrogens (tertiary/aromatic N) is 4. The number of aromatic hydroxyl groups is 1. The summed E-state index contributed by atoms with van der Waals surface area (Å²) in [5.74, 6) is 0.183. The van der Waals surface area contributed by atoms with Crippen molar-refractivity contribution in [1.29, 1.82) is 0 Å². The minimum atomic E-state index is 0.183. The van der Waals surface area contributed by atoms with Gasteiger partial charge in [0.2, 0.25) is 0 Å². The van der Waals surface area contributed by atoms with Crippen LogP contribution < -0.4 is 5.32 Å². The Morgan fingerprint density at radius 1 is 1.29 bits per heavy atom. The molecule has 7 nitrogen and oxygen atoms in total. The topological polar surface area (TPSA) is 81.8 Å². The number of benzene rings is 1. The predicted molar refractivity (Wildman–Crippen MR) is 112 cm³/mol. The van der Waals surface area contributed by atoms with E-state index in [0.29, 0.717) is 5.69 Å². The molecule has 2 fully saturated rings. The minimum absolute atomic E-state index is 0.183. The molecular formula is C20H22N6OS. The summed E-state index contributed by atoms with van der Waals surface area (Å²) in [7, 11) is 1.89. The number of piperidine rings is 1. The zero-order valence-corrected chi connectivity index (χ0v) is 16.4. The second-order valence-corrected chi connectivity index (χ2v) is 8.25. The van der Waals surface area contributed by atoms with Crippen LogP contribution in [0.15, 0.2) is 42.9 Å². The van der Waals surface area contributed by atoms with E-state index in [1.54, 1.807) is 34.5 Å². The summed E-state index contributed by atoms with van der Waals surface area (Å²) in [5, 5.41) is 25.7. The van der Waals surface area contributed by atoms with E-state index < -0.39 is 0 Å². The summed E-state index contributed by atoms with van der Waals surface area (Å²) >= 11 is 1.63. The monoisotopic (exact) mass is 394 g/mol. The van der Waals surface area contributed by atoms with Gasteiger partial charge in [-0.2, -0.15) is 10.2 Å². The first kappa shape index (κ1) is 17.3. The van der Waals surface area contributed by atoms with Gasteiger partial charge in [-0.25, -0.2) is 4.68 Å². The first-order valence-electron chi connectivity index (χ1n) is 9.45. The van der Waals surface area contributed by atoms with Crippen molar-refractivity contribution in [2.24, 2.45) is 0 Å². The van der Waals surface area contributed by atoms with Crippen molar-refractivity contribution in [3.63, 3.8) is 0 Å². The Labute approximate surface area is 166 Å². The molecule has 0 saturated carbocycles. The number of anilines is 1. The molecule has 1 aromatic carbocycles. The van der Waals surface area contributed by atoms with Crippen LogP contribution in [0.1, 0.15) is 12.8 Å². The minimum Gasteiger partial charge on any atom is -0.506 e. The molecule has 0 aliphatic carbocycles. The molecular weight excluding hydrogens is 372 g/mol. The molecule has 5 heterocycles. The molecule has 28 heavy (non-hydrogen) atoms. The first-order chi connectivity index (χ1) is 13.7. The van der Waals surface area contributed by atoms with Gasteiger partial charge in [-0.3, -0.25) is 10.00 Å². The molecule has 0 radical (unpaired) electrons. The van der Waals surface area contributed by atoms with Crippen LogP contribution in [-0.2, 0) is 0 Å². The number of rotatable bonds is 3. The number of thiophene rings is 1. The highest BCUT2D eigenvalue weighted by Gasteiger charge is 2.37. The van der Waals surface area contributed by atoms with Gasteiger partial charge in [0.25, 0.3) is 0 Å². The lowest BCUT2D eigenvalue weighted by molar-refractivity contribution is 0.471. The van der Waals surface area contributed by atoms with Crippen molar-refractivity contribution in [1.82, 2.24) is 24.9 Å². The molecule has 144 valence electrons. The number of aromatic nitrogens is 4. The van der Waals surface area contributed by atoms with E-state index in [9.17, 15) is 5.11 Å². The maximum Gasteiger partial charge on any atom is 0.141 e. The Morgan fingerprint density at radius 2 is 2.21 bits per heavy atom. The summed E-state index contributed by atoms with van der Waals surface area (Å²) in [6.07, 6.45) is 8.38. The Kier molecular flexibility index (Phi) is 4.29. The average Bonchev–Trinajstić information content (AvgIpc) is 3.23. The number of phenols is 1. The van der Waals surface area contributed by atoms with E-state index in [1.807, 2.05) is 31.4 Å². The maximum atomic E-state index is 10.3. The standard InChI is InChI=1S/C15H13N5OS.C5H9N/c1-16-15-5-11-14(22-15)8-20(19-11)12-3-2-9(4-13(12)21)10-6-17-18-7-10;1-2-5-4-6(5)3-1/h2-8,16,21H,1H3,(H,17,18);5H,1-4H2. The number of aromatic amines is 1. The van der Waals surface area contributed by atoms with E-state index in [4.69, 9.17) is 0 Å². The van der Waals surface area contributed by atoms with Gasteiger partial charge in [0.1, 0.15) is 17.0 Å². The third-order valence-corrected chi connectivity index (χ3v) is 6.38. The highest BCUT2D eigenvalue weighted by atomic mass is 32.1. The second kappa shape index (κ2) is 6.96. The largest absolute Gasteiger partial charge is 0.506 e. The first-order valence-corrected chi connectivity index (χ1v) is 10.3. The van der Waals surface area contributed by atoms with Crippen LogP contribution in [-0.4, -0.2) is 56.2 Å². The van der Waals surface area contributed by atoms with Crippen LogP contribution in [0.3, 0.4) is 0 Å². The van der Waals surface area contributed by atoms with Crippen molar-refractivity contribution in [3.05, 3.63) is 42.9 Å². The van der Waals surface area contributed by atoms with Crippen LogP contribution in [0.25, 0.3) is 27.0 Å². The maximum absolute atomic E-state index is 10.3. The smallest absolute Gasteiger partial charge is 0.141 e. The predicted octanol–water partition coefficient (Wildman–Crippen LogP) is 3.69. The molecule has 6 rings (SSSR count). The van der Waals surface area contributed by atoms with Gasteiger partial charge in [0.15, 0.2) is 0 Å². The fourth-order valence-corrected chi connectivity index (χ4v) is 4.54. The van der Waals surface area contributed by atoms with E-state index in [2.05, 4.69) is 25.5 Å². The van der Waals surface area contributed by atoms with Crippen LogP contribution in [0.2, 0.25) is 0 Å². The number of hydrogen-bond donors (Lipinski definition) is 3. The summed E-state index contributed by atoms with van der Waals surface area (Å²) in [6, 6.07) is 8.55. The molecule has 2 unspecified atom stereocenters. The molecule has 0 bridgehead atoms. The molecule has 8 heteroatoms. The van der Waals surface area contributed by atoms with Crippen LogP contribution >= 0.6 is 11.3 Å². The fourth-order valence-electron chi connectivity index (χ4n) is 3.68. The second-order valence-electron chi connectivity index (χ2n) is 7.17. The lowest BCUT2D eigenvalue weighted by Gasteiger charge is -2.06. The average molecular weight is 395 g/mol. The van der Waals surface area contributed by atoms with Gasteiger partial charge in [0.05, 0.1) is 15.9 Å². The fraction of sp³-hybridized carbons (Fsp3) is 0.300. The number of fused-ring (bicyclic) bond motifs is 2. The number of nitrogens with one attached hydrogen (secondary N) is 2. The SMILES string of the molecule is C1CC2CN2C1.CNc1cc2nn(-c3ccc(-c4cn[nH]c4)cc3O)cc2s1. The molecule has 4 aromatic rings.